The largest absolute Gasteiger partial charge is 0.489 e. The molecule has 0 aliphatic heterocycles. The van der Waals surface area contributed by atoms with Crippen molar-refractivity contribution in [1.82, 2.24) is 4.57 Å². The zero-order valence-electron chi connectivity index (χ0n) is 20.0. The summed E-state index contributed by atoms with van der Waals surface area (Å²) in [6.07, 6.45) is 1.58. The van der Waals surface area contributed by atoms with Crippen molar-refractivity contribution in [2.75, 3.05) is 7.11 Å². The summed E-state index contributed by atoms with van der Waals surface area (Å²) in [7, 11) is 1.48. The molecule has 1 aromatic heterocycles. The Labute approximate surface area is 210 Å². The summed E-state index contributed by atoms with van der Waals surface area (Å²) in [5, 5.41) is 0. The van der Waals surface area contributed by atoms with Gasteiger partial charge in [0.25, 0.3) is 0 Å². The van der Waals surface area contributed by atoms with Gasteiger partial charge in [-0.05, 0) is 34.4 Å². The van der Waals surface area contributed by atoms with E-state index in [1.54, 1.807) is 6.20 Å². The van der Waals surface area contributed by atoms with Crippen LogP contribution in [0.1, 0.15) is 33.7 Å². The zero-order valence-corrected chi connectivity index (χ0v) is 20.0. The van der Waals surface area contributed by atoms with Crippen LogP contribution < -0.4 is 15.2 Å². The first kappa shape index (κ1) is 23.2. The molecule has 0 radical (unpaired) electrons. The van der Waals surface area contributed by atoms with Gasteiger partial charge in [-0.1, -0.05) is 97.1 Å². The maximum atomic E-state index is 12.3. The molecule has 5 nitrogen and oxygen atoms in total. The fourth-order valence-corrected chi connectivity index (χ4v) is 4.38. The smallest absolute Gasteiger partial charge is 0.422 e. The molecule has 0 aliphatic rings. The van der Waals surface area contributed by atoms with Gasteiger partial charge in [-0.3, -0.25) is 4.57 Å². The second kappa shape index (κ2) is 10.8. The van der Waals surface area contributed by atoms with E-state index in [0.29, 0.717) is 13.2 Å². The Bertz CT molecular complexity index is 1420. The number of ether oxygens (including phenoxy) is 2. The molecule has 0 atom stereocenters. The Morgan fingerprint density at radius 1 is 0.778 bits per heavy atom. The van der Waals surface area contributed by atoms with Gasteiger partial charge in [-0.2, -0.15) is 0 Å². The monoisotopic (exact) mass is 477 g/mol. The lowest BCUT2D eigenvalue weighted by Gasteiger charge is -2.23. The summed E-state index contributed by atoms with van der Waals surface area (Å²) >= 11 is 0. The van der Waals surface area contributed by atoms with Gasteiger partial charge in [0, 0.05) is 11.5 Å². The topological polar surface area (TPSA) is 53.6 Å². The number of methoxy groups -OCH3 is 1. The van der Waals surface area contributed by atoms with Crippen molar-refractivity contribution in [3.8, 4) is 11.7 Å². The first-order chi connectivity index (χ1) is 17.7. The van der Waals surface area contributed by atoms with Gasteiger partial charge in [0.05, 0.1) is 19.9 Å². The standard InChI is InChI=1S/C31H27NO4/c1-34-29-21-32(31(33)36-29)20-24-17-18-28(35-22-23-11-5-2-6-12-23)27(19-24)30(25-13-7-3-8-14-25)26-15-9-4-10-16-26/h2-19,21,30H,20,22H2,1H3. The lowest BCUT2D eigenvalue weighted by atomic mass is 9.84. The molecule has 0 unspecified atom stereocenters. The van der Waals surface area contributed by atoms with E-state index in [2.05, 4.69) is 66.7 Å². The minimum atomic E-state index is -0.458. The van der Waals surface area contributed by atoms with Crippen LogP contribution in [0, 0.1) is 0 Å². The van der Waals surface area contributed by atoms with Crippen molar-refractivity contribution in [2.24, 2.45) is 0 Å². The number of hydrogen-bond acceptors (Lipinski definition) is 4. The molecular weight excluding hydrogens is 450 g/mol. The maximum Gasteiger partial charge on any atom is 0.422 e. The first-order valence-corrected chi connectivity index (χ1v) is 11.8. The van der Waals surface area contributed by atoms with Gasteiger partial charge in [-0.25, -0.2) is 4.79 Å². The quantitative estimate of drug-likeness (QED) is 0.235. The maximum absolute atomic E-state index is 12.3. The summed E-state index contributed by atoms with van der Waals surface area (Å²) in [4.78, 5) is 12.3. The molecule has 1 heterocycles. The Morgan fingerprint density at radius 3 is 1.97 bits per heavy atom. The predicted octanol–water partition coefficient (Wildman–Crippen LogP) is 6.26. The molecule has 0 saturated carbocycles. The minimum Gasteiger partial charge on any atom is -0.489 e. The van der Waals surface area contributed by atoms with E-state index < -0.39 is 5.76 Å². The van der Waals surface area contributed by atoms with Crippen LogP contribution in [0.4, 0.5) is 0 Å². The highest BCUT2D eigenvalue weighted by atomic mass is 16.6. The Hall–Kier alpha value is -4.51. The van der Waals surface area contributed by atoms with Crippen LogP contribution in [0.15, 0.2) is 125 Å². The van der Waals surface area contributed by atoms with Crippen LogP contribution in [0.5, 0.6) is 11.7 Å². The average Bonchev–Trinajstić information content (AvgIpc) is 3.29. The van der Waals surface area contributed by atoms with Crippen LogP contribution in [-0.4, -0.2) is 11.7 Å². The lowest BCUT2D eigenvalue weighted by molar-refractivity contribution is 0.293. The third-order valence-electron chi connectivity index (χ3n) is 6.13. The van der Waals surface area contributed by atoms with E-state index in [4.69, 9.17) is 13.9 Å². The van der Waals surface area contributed by atoms with E-state index in [0.717, 1.165) is 33.6 Å². The summed E-state index contributed by atoms with van der Waals surface area (Å²) in [6, 6.07) is 37.0. The van der Waals surface area contributed by atoms with Gasteiger partial charge < -0.3 is 13.9 Å². The van der Waals surface area contributed by atoms with Gasteiger partial charge in [0.1, 0.15) is 12.4 Å². The van der Waals surface area contributed by atoms with Crippen LogP contribution in [-0.2, 0) is 13.2 Å². The van der Waals surface area contributed by atoms with E-state index in [1.165, 1.54) is 11.7 Å². The summed E-state index contributed by atoms with van der Waals surface area (Å²) in [6.45, 7) is 0.815. The first-order valence-electron chi connectivity index (χ1n) is 11.8. The van der Waals surface area contributed by atoms with Gasteiger partial charge >= 0.3 is 11.7 Å². The van der Waals surface area contributed by atoms with Crippen molar-refractivity contribution in [3.05, 3.63) is 154 Å². The van der Waals surface area contributed by atoms with E-state index >= 15 is 0 Å². The Balaban J connectivity index is 1.59. The van der Waals surface area contributed by atoms with Crippen molar-refractivity contribution in [1.29, 1.82) is 0 Å². The molecule has 5 aromatic rings. The molecule has 0 saturated heterocycles. The fraction of sp³-hybridized carbons (Fsp3) is 0.129. The molecule has 0 N–H and O–H groups in total. The van der Waals surface area contributed by atoms with Crippen LogP contribution >= 0.6 is 0 Å². The molecule has 0 amide bonds. The number of benzene rings is 4. The molecule has 4 aromatic carbocycles. The molecule has 0 fully saturated rings. The van der Waals surface area contributed by atoms with Crippen molar-refractivity contribution < 1.29 is 13.9 Å². The minimum absolute atomic E-state index is 0.0475. The van der Waals surface area contributed by atoms with E-state index in [1.807, 2.05) is 42.5 Å². The van der Waals surface area contributed by atoms with Gasteiger partial charge in [-0.15, -0.1) is 0 Å². The normalized spacial score (nSPS) is 10.9. The number of nitrogens with zero attached hydrogens (tertiary/aromatic N) is 1. The van der Waals surface area contributed by atoms with E-state index in [9.17, 15) is 4.79 Å². The highest BCUT2D eigenvalue weighted by molar-refractivity contribution is 5.50. The van der Waals surface area contributed by atoms with Crippen LogP contribution in [0.2, 0.25) is 0 Å². The Kier molecular flexibility index (Phi) is 6.99. The molecular formula is C31H27NO4. The summed E-state index contributed by atoms with van der Waals surface area (Å²) in [5.74, 6) is 0.487. The molecule has 36 heavy (non-hydrogen) atoms. The molecule has 0 bridgehead atoms. The van der Waals surface area contributed by atoms with Crippen LogP contribution in [0.25, 0.3) is 0 Å². The molecule has 0 spiro atoms. The second-order valence-electron chi connectivity index (χ2n) is 8.55. The third kappa shape index (κ3) is 5.26. The number of rotatable bonds is 9. The van der Waals surface area contributed by atoms with Crippen molar-refractivity contribution >= 4 is 0 Å². The fourth-order valence-electron chi connectivity index (χ4n) is 4.38. The molecule has 5 heteroatoms. The van der Waals surface area contributed by atoms with Gasteiger partial charge in [0.15, 0.2) is 0 Å². The van der Waals surface area contributed by atoms with Crippen molar-refractivity contribution in [2.45, 2.75) is 19.1 Å². The second-order valence-corrected chi connectivity index (χ2v) is 8.55. The highest BCUT2D eigenvalue weighted by Crippen LogP contribution is 2.38. The third-order valence-corrected chi connectivity index (χ3v) is 6.13. The highest BCUT2D eigenvalue weighted by Gasteiger charge is 2.22. The Morgan fingerprint density at radius 2 is 1.39 bits per heavy atom. The SMILES string of the molecule is COc1cn(Cc2ccc(OCc3ccccc3)c(C(c3ccccc3)c3ccccc3)c2)c(=O)o1. The predicted molar refractivity (Wildman–Crippen MR) is 140 cm³/mol. The number of hydrogen-bond donors (Lipinski definition) is 0. The van der Waals surface area contributed by atoms with Crippen molar-refractivity contribution in [3.63, 3.8) is 0 Å². The number of oxazole rings is 1. The van der Waals surface area contributed by atoms with Crippen LogP contribution in [0.3, 0.4) is 0 Å². The summed E-state index contributed by atoms with van der Waals surface area (Å²) < 4.78 is 18.1. The number of aromatic nitrogens is 1. The molecule has 5 rings (SSSR count). The zero-order chi connectivity index (χ0) is 24.7. The molecule has 0 aliphatic carbocycles. The molecule has 180 valence electrons. The average molecular weight is 478 g/mol. The van der Waals surface area contributed by atoms with Gasteiger partial charge in [0.2, 0.25) is 0 Å². The van der Waals surface area contributed by atoms with E-state index in [-0.39, 0.29) is 11.9 Å². The lowest BCUT2D eigenvalue weighted by Crippen LogP contribution is -2.14. The summed E-state index contributed by atoms with van der Waals surface area (Å²) in [5.41, 5.74) is 5.41.